The van der Waals surface area contributed by atoms with Gasteiger partial charge < -0.3 is 10.6 Å². The standard InChI is InChI=1S/C24H27Cl2N7/c1-24(2,3)33-23(30-31-32-33)22(16-5-7-17(25)8-6-16)29-13-4-12-27-20-11-14-28-21-15-18(26)9-10-19(20)21/h5-11,14-15,22,29H,4,12-13H2,1-3H3,(H,27,28). The Kier molecular flexibility index (Phi) is 7.12. The number of fused-ring (bicyclic) bond motifs is 1. The minimum atomic E-state index is -0.238. The van der Waals surface area contributed by atoms with Gasteiger partial charge in [-0.1, -0.05) is 35.3 Å². The molecule has 2 N–H and O–H groups in total. The Labute approximate surface area is 203 Å². The number of pyridine rings is 1. The third-order valence-electron chi connectivity index (χ3n) is 5.31. The lowest BCUT2D eigenvalue weighted by atomic mass is 10.0. The van der Waals surface area contributed by atoms with Gasteiger partial charge in [0.2, 0.25) is 0 Å². The summed E-state index contributed by atoms with van der Waals surface area (Å²) in [7, 11) is 0. The van der Waals surface area contributed by atoms with E-state index in [0.29, 0.717) is 10.0 Å². The maximum atomic E-state index is 6.11. The van der Waals surface area contributed by atoms with E-state index < -0.39 is 0 Å². The van der Waals surface area contributed by atoms with Crippen LogP contribution in [0.4, 0.5) is 5.69 Å². The second kappa shape index (κ2) is 10.0. The molecule has 0 amide bonds. The lowest BCUT2D eigenvalue weighted by molar-refractivity contribution is 0.325. The Hall–Kier alpha value is -2.74. The van der Waals surface area contributed by atoms with Gasteiger partial charge in [-0.2, -0.15) is 0 Å². The highest BCUT2D eigenvalue weighted by Crippen LogP contribution is 2.26. The van der Waals surface area contributed by atoms with Crippen molar-refractivity contribution in [3.63, 3.8) is 0 Å². The van der Waals surface area contributed by atoms with Crippen LogP contribution in [0.15, 0.2) is 54.7 Å². The molecule has 0 aliphatic heterocycles. The Bertz CT molecular complexity index is 1220. The molecular formula is C24H27Cl2N7. The van der Waals surface area contributed by atoms with Gasteiger partial charge in [0.05, 0.1) is 17.1 Å². The summed E-state index contributed by atoms with van der Waals surface area (Å²) in [6.45, 7) is 7.82. The van der Waals surface area contributed by atoms with Crippen LogP contribution in [0, 0.1) is 0 Å². The summed E-state index contributed by atoms with van der Waals surface area (Å²) < 4.78 is 1.87. The van der Waals surface area contributed by atoms with E-state index in [2.05, 4.69) is 51.9 Å². The summed E-state index contributed by atoms with van der Waals surface area (Å²) in [5, 5.41) is 22.1. The molecule has 4 rings (SSSR count). The third kappa shape index (κ3) is 5.61. The smallest absolute Gasteiger partial charge is 0.173 e. The zero-order valence-electron chi connectivity index (χ0n) is 18.9. The Morgan fingerprint density at radius 2 is 1.73 bits per heavy atom. The second-order valence-electron chi connectivity index (χ2n) is 8.86. The molecule has 0 aliphatic carbocycles. The van der Waals surface area contributed by atoms with Crippen LogP contribution in [0.2, 0.25) is 10.0 Å². The number of nitrogens with zero attached hydrogens (tertiary/aromatic N) is 5. The number of anilines is 1. The number of nitrogens with one attached hydrogen (secondary N) is 2. The predicted octanol–water partition coefficient (Wildman–Crippen LogP) is 5.46. The first-order chi connectivity index (χ1) is 15.8. The number of hydrogen-bond acceptors (Lipinski definition) is 6. The lowest BCUT2D eigenvalue weighted by Gasteiger charge is -2.25. The van der Waals surface area contributed by atoms with Gasteiger partial charge in [-0.25, -0.2) is 4.68 Å². The summed E-state index contributed by atoms with van der Waals surface area (Å²) >= 11 is 12.2. The van der Waals surface area contributed by atoms with Crippen molar-refractivity contribution in [1.82, 2.24) is 30.5 Å². The molecule has 1 atom stereocenters. The van der Waals surface area contributed by atoms with E-state index in [9.17, 15) is 0 Å². The first kappa shape index (κ1) is 23.4. The van der Waals surface area contributed by atoms with Crippen LogP contribution >= 0.6 is 23.2 Å². The minimum Gasteiger partial charge on any atom is -0.384 e. The first-order valence-electron chi connectivity index (χ1n) is 10.9. The van der Waals surface area contributed by atoms with Gasteiger partial charge in [-0.15, -0.1) is 5.10 Å². The molecular weight excluding hydrogens is 457 g/mol. The zero-order valence-corrected chi connectivity index (χ0v) is 20.4. The molecule has 4 aromatic rings. The zero-order chi connectivity index (χ0) is 23.4. The van der Waals surface area contributed by atoms with E-state index in [0.717, 1.165) is 47.5 Å². The molecule has 0 bridgehead atoms. The number of benzene rings is 2. The van der Waals surface area contributed by atoms with Crippen LogP contribution in [0.3, 0.4) is 0 Å². The molecule has 0 saturated heterocycles. The highest BCUT2D eigenvalue weighted by molar-refractivity contribution is 6.31. The number of hydrogen-bond donors (Lipinski definition) is 2. The quantitative estimate of drug-likeness (QED) is 0.323. The largest absolute Gasteiger partial charge is 0.384 e. The monoisotopic (exact) mass is 483 g/mol. The van der Waals surface area contributed by atoms with Crippen molar-refractivity contribution < 1.29 is 0 Å². The number of aromatic nitrogens is 5. The first-order valence-corrected chi connectivity index (χ1v) is 11.6. The van der Waals surface area contributed by atoms with E-state index in [4.69, 9.17) is 23.2 Å². The van der Waals surface area contributed by atoms with Gasteiger partial charge in [0.1, 0.15) is 0 Å². The summed E-state index contributed by atoms with van der Waals surface area (Å²) in [6.07, 6.45) is 2.70. The average Bonchev–Trinajstić information content (AvgIpc) is 3.27. The van der Waals surface area contributed by atoms with Crippen molar-refractivity contribution in [2.75, 3.05) is 18.4 Å². The summed E-state index contributed by atoms with van der Waals surface area (Å²) in [6, 6.07) is 15.4. The molecule has 172 valence electrons. The van der Waals surface area contributed by atoms with Crippen molar-refractivity contribution in [3.8, 4) is 0 Å². The Morgan fingerprint density at radius 1 is 0.970 bits per heavy atom. The topological polar surface area (TPSA) is 80.5 Å². The molecule has 33 heavy (non-hydrogen) atoms. The maximum Gasteiger partial charge on any atom is 0.173 e. The summed E-state index contributed by atoms with van der Waals surface area (Å²) in [5.74, 6) is 0.773. The van der Waals surface area contributed by atoms with Gasteiger partial charge >= 0.3 is 0 Å². The SMILES string of the molecule is CC(C)(C)n1nnnc1C(NCCCNc1ccnc2cc(Cl)ccc12)c1ccc(Cl)cc1. The lowest BCUT2D eigenvalue weighted by Crippen LogP contribution is -2.32. The molecule has 1 unspecified atom stereocenters. The molecule has 2 heterocycles. The van der Waals surface area contributed by atoms with Gasteiger partial charge in [0.15, 0.2) is 5.82 Å². The van der Waals surface area contributed by atoms with Crippen LogP contribution < -0.4 is 10.6 Å². The van der Waals surface area contributed by atoms with Gasteiger partial charge in [-0.05, 0) is 86.1 Å². The van der Waals surface area contributed by atoms with Crippen LogP contribution in [0.5, 0.6) is 0 Å². The number of halogens is 2. The third-order valence-corrected chi connectivity index (χ3v) is 5.80. The van der Waals surface area contributed by atoms with E-state index in [1.807, 2.05) is 53.2 Å². The fraction of sp³-hybridized carbons (Fsp3) is 0.333. The molecule has 2 aromatic carbocycles. The van der Waals surface area contributed by atoms with Crippen LogP contribution in [-0.2, 0) is 5.54 Å². The Balaban J connectivity index is 1.44. The highest BCUT2D eigenvalue weighted by Gasteiger charge is 2.26. The predicted molar refractivity (Wildman–Crippen MR) is 134 cm³/mol. The van der Waals surface area contributed by atoms with Gasteiger partial charge in [-0.3, -0.25) is 4.98 Å². The minimum absolute atomic E-state index is 0.152. The van der Waals surface area contributed by atoms with Crippen molar-refractivity contribution in [2.45, 2.75) is 38.8 Å². The molecule has 0 saturated carbocycles. The van der Waals surface area contributed by atoms with Crippen molar-refractivity contribution >= 4 is 39.8 Å². The molecule has 0 fully saturated rings. The van der Waals surface area contributed by atoms with E-state index in [-0.39, 0.29) is 11.6 Å². The molecule has 7 nitrogen and oxygen atoms in total. The average molecular weight is 484 g/mol. The van der Waals surface area contributed by atoms with Crippen molar-refractivity contribution in [2.24, 2.45) is 0 Å². The number of rotatable bonds is 8. The fourth-order valence-corrected chi connectivity index (χ4v) is 3.99. The molecule has 0 spiro atoms. The molecule has 0 radical (unpaired) electrons. The summed E-state index contributed by atoms with van der Waals surface area (Å²) in [5.41, 5.74) is 2.74. The van der Waals surface area contributed by atoms with Gasteiger partial charge in [0.25, 0.3) is 0 Å². The van der Waals surface area contributed by atoms with Crippen LogP contribution in [-0.4, -0.2) is 38.3 Å². The van der Waals surface area contributed by atoms with Crippen molar-refractivity contribution in [3.05, 3.63) is 76.2 Å². The normalized spacial score (nSPS) is 12.8. The Morgan fingerprint density at radius 3 is 2.48 bits per heavy atom. The number of tetrazole rings is 1. The van der Waals surface area contributed by atoms with Crippen LogP contribution in [0.25, 0.3) is 10.9 Å². The van der Waals surface area contributed by atoms with Gasteiger partial charge in [0, 0.05) is 33.9 Å². The van der Waals surface area contributed by atoms with Crippen molar-refractivity contribution in [1.29, 1.82) is 0 Å². The maximum absolute atomic E-state index is 6.11. The molecule has 0 aliphatic rings. The highest BCUT2D eigenvalue weighted by atomic mass is 35.5. The van der Waals surface area contributed by atoms with E-state index in [1.165, 1.54) is 0 Å². The van der Waals surface area contributed by atoms with E-state index >= 15 is 0 Å². The summed E-state index contributed by atoms with van der Waals surface area (Å²) in [4.78, 5) is 4.40. The molecule has 9 heteroatoms. The second-order valence-corrected chi connectivity index (χ2v) is 9.73. The van der Waals surface area contributed by atoms with Crippen LogP contribution in [0.1, 0.15) is 44.6 Å². The fourth-order valence-electron chi connectivity index (χ4n) is 3.70. The molecule has 2 aromatic heterocycles. The van der Waals surface area contributed by atoms with E-state index in [1.54, 1.807) is 6.20 Å².